The van der Waals surface area contributed by atoms with Gasteiger partial charge < -0.3 is 10.3 Å². The summed E-state index contributed by atoms with van der Waals surface area (Å²) in [5, 5.41) is 2.19. The summed E-state index contributed by atoms with van der Waals surface area (Å²) in [6.45, 7) is 0.442. The van der Waals surface area contributed by atoms with Gasteiger partial charge in [0.25, 0.3) is 0 Å². The maximum atomic E-state index is 10.8. The van der Waals surface area contributed by atoms with Crippen molar-refractivity contribution >= 4 is 27.0 Å². The Labute approximate surface area is 110 Å². The standard InChI is InChI=1S/C9H16N4O3S2/c1-10-9(18(14,15)16)13-3-2-6-17-7-8-11-4-5-12-8/h4-5H,2-3,6-7H2,1H3,(H,10,13)(H,11,12)(H,14,15,16). The van der Waals surface area contributed by atoms with Crippen molar-refractivity contribution in [2.24, 2.45) is 4.99 Å². The minimum absolute atomic E-state index is 0.390. The van der Waals surface area contributed by atoms with E-state index in [2.05, 4.69) is 20.3 Å². The summed E-state index contributed by atoms with van der Waals surface area (Å²) in [7, 11) is -2.92. The Morgan fingerprint density at radius 1 is 1.67 bits per heavy atom. The number of H-pyrrole nitrogens is 1. The minimum atomic E-state index is -4.23. The van der Waals surface area contributed by atoms with E-state index >= 15 is 0 Å². The Morgan fingerprint density at radius 2 is 2.44 bits per heavy atom. The number of rotatable bonds is 6. The Balaban J connectivity index is 2.12. The molecule has 1 aromatic rings. The van der Waals surface area contributed by atoms with Gasteiger partial charge in [-0.2, -0.15) is 20.2 Å². The predicted octanol–water partition coefficient (Wildman–Crippen LogP) is 0.496. The van der Waals surface area contributed by atoms with Gasteiger partial charge in [-0.15, -0.1) is 0 Å². The maximum absolute atomic E-state index is 10.8. The number of aliphatic imine (C=N–C) groups is 1. The second kappa shape index (κ2) is 7.39. The van der Waals surface area contributed by atoms with Crippen LogP contribution in [0, 0.1) is 0 Å². The monoisotopic (exact) mass is 292 g/mol. The van der Waals surface area contributed by atoms with Gasteiger partial charge in [-0.25, -0.2) is 4.98 Å². The van der Waals surface area contributed by atoms with Crippen molar-refractivity contribution in [3.8, 4) is 0 Å². The highest BCUT2D eigenvalue weighted by Gasteiger charge is 2.13. The molecule has 0 amide bonds. The first-order valence-corrected chi connectivity index (χ1v) is 7.87. The van der Waals surface area contributed by atoms with Gasteiger partial charge in [-0.3, -0.25) is 9.55 Å². The molecular formula is C9H16N4O3S2. The molecule has 18 heavy (non-hydrogen) atoms. The first kappa shape index (κ1) is 15.0. The lowest BCUT2D eigenvalue weighted by atomic mass is 10.5. The van der Waals surface area contributed by atoms with Crippen LogP contribution in [0.3, 0.4) is 0 Å². The Hall–Kier alpha value is -1.06. The van der Waals surface area contributed by atoms with Crippen LogP contribution >= 0.6 is 11.8 Å². The average molecular weight is 292 g/mol. The van der Waals surface area contributed by atoms with E-state index in [-0.39, 0.29) is 0 Å². The van der Waals surface area contributed by atoms with Gasteiger partial charge >= 0.3 is 10.1 Å². The van der Waals surface area contributed by atoms with E-state index in [4.69, 9.17) is 4.55 Å². The SMILES string of the molecule is CN=C(NCCCSCc1ncc[nH]1)S(=O)(=O)O. The molecule has 0 unspecified atom stereocenters. The number of thioether (sulfide) groups is 1. The molecule has 0 atom stereocenters. The fraction of sp³-hybridized carbons (Fsp3) is 0.556. The van der Waals surface area contributed by atoms with Crippen LogP contribution in [0.5, 0.6) is 0 Å². The zero-order chi connectivity index (χ0) is 13.4. The Kier molecular flexibility index (Phi) is 6.16. The number of amidine groups is 1. The van der Waals surface area contributed by atoms with Gasteiger partial charge in [0.2, 0.25) is 5.17 Å². The third kappa shape index (κ3) is 5.52. The van der Waals surface area contributed by atoms with Crippen LogP contribution in [-0.2, 0) is 15.9 Å². The molecule has 3 N–H and O–H groups in total. The van der Waals surface area contributed by atoms with Crippen molar-refractivity contribution in [3.05, 3.63) is 18.2 Å². The molecule has 0 fully saturated rings. The van der Waals surface area contributed by atoms with E-state index in [1.165, 1.54) is 7.05 Å². The number of aromatic amines is 1. The molecule has 0 aromatic carbocycles. The fourth-order valence-electron chi connectivity index (χ4n) is 1.20. The predicted molar refractivity (Wildman–Crippen MR) is 72.3 cm³/mol. The van der Waals surface area contributed by atoms with Gasteiger partial charge in [0.15, 0.2) is 0 Å². The number of nitrogens with zero attached hydrogens (tertiary/aromatic N) is 2. The molecule has 0 saturated carbocycles. The summed E-state index contributed by atoms with van der Waals surface area (Å²) >= 11 is 1.69. The van der Waals surface area contributed by atoms with E-state index in [1.54, 1.807) is 24.2 Å². The van der Waals surface area contributed by atoms with Crippen molar-refractivity contribution in [3.63, 3.8) is 0 Å². The van der Waals surface area contributed by atoms with Crippen molar-refractivity contribution in [1.82, 2.24) is 15.3 Å². The molecule has 0 spiro atoms. The maximum Gasteiger partial charge on any atom is 0.327 e. The fourth-order valence-corrected chi connectivity index (χ4v) is 2.56. The lowest BCUT2D eigenvalue weighted by Gasteiger charge is -2.05. The van der Waals surface area contributed by atoms with Crippen molar-refractivity contribution in [2.75, 3.05) is 19.3 Å². The lowest BCUT2D eigenvalue weighted by molar-refractivity contribution is 0.496. The highest BCUT2D eigenvalue weighted by atomic mass is 32.2. The minimum Gasteiger partial charge on any atom is -0.359 e. The topological polar surface area (TPSA) is 107 Å². The highest BCUT2D eigenvalue weighted by molar-refractivity contribution is 8.01. The summed E-state index contributed by atoms with van der Waals surface area (Å²) in [5.41, 5.74) is 0. The quantitative estimate of drug-likeness (QED) is 0.305. The van der Waals surface area contributed by atoms with Gasteiger partial charge in [0.05, 0.1) is 5.75 Å². The normalized spacial score (nSPS) is 12.7. The van der Waals surface area contributed by atoms with E-state index in [9.17, 15) is 8.42 Å². The van der Waals surface area contributed by atoms with E-state index in [1.807, 2.05) is 0 Å². The molecule has 102 valence electrons. The summed E-state index contributed by atoms with van der Waals surface area (Å²) in [6.07, 6.45) is 4.24. The number of hydrogen-bond acceptors (Lipinski definition) is 5. The molecule has 1 rings (SSSR count). The number of hydrogen-bond donors (Lipinski definition) is 3. The molecule has 9 heteroatoms. The molecule has 7 nitrogen and oxygen atoms in total. The Bertz CT molecular complexity index is 470. The highest BCUT2D eigenvalue weighted by Crippen LogP contribution is 2.08. The molecule has 0 aliphatic carbocycles. The number of aromatic nitrogens is 2. The van der Waals surface area contributed by atoms with Crippen LogP contribution in [0.15, 0.2) is 17.4 Å². The molecule has 1 heterocycles. The molecule has 0 bridgehead atoms. The molecule has 0 radical (unpaired) electrons. The van der Waals surface area contributed by atoms with Crippen LogP contribution in [0.1, 0.15) is 12.2 Å². The lowest BCUT2D eigenvalue weighted by Crippen LogP contribution is -2.31. The molecule has 1 aromatic heterocycles. The third-order valence-corrected chi connectivity index (χ3v) is 3.85. The number of imidazole rings is 1. The van der Waals surface area contributed by atoms with Crippen LogP contribution < -0.4 is 5.32 Å². The van der Waals surface area contributed by atoms with Crippen LogP contribution in [0.2, 0.25) is 0 Å². The third-order valence-electron chi connectivity index (χ3n) is 1.98. The van der Waals surface area contributed by atoms with E-state index in [0.29, 0.717) is 6.54 Å². The summed E-state index contributed by atoms with van der Waals surface area (Å²) in [5.74, 6) is 2.57. The zero-order valence-electron chi connectivity index (χ0n) is 9.96. The Morgan fingerprint density at radius 3 is 3.00 bits per heavy atom. The summed E-state index contributed by atoms with van der Waals surface area (Å²) in [4.78, 5) is 10.5. The van der Waals surface area contributed by atoms with Crippen LogP contribution in [0.4, 0.5) is 0 Å². The molecular weight excluding hydrogens is 276 g/mol. The largest absolute Gasteiger partial charge is 0.359 e. The van der Waals surface area contributed by atoms with Crippen LogP contribution in [-0.4, -0.2) is 47.5 Å². The van der Waals surface area contributed by atoms with E-state index < -0.39 is 15.3 Å². The van der Waals surface area contributed by atoms with Gasteiger partial charge in [0.1, 0.15) is 5.82 Å². The van der Waals surface area contributed by atoms with Gasteiger partial charge in [0, 0.05) is 26.0 Å². The average Bonchev–Trinajstić information content (AvgIpc) is 2.79. The first-order valence-electron chi connectivity index (χ1n) is 5.28. The first-order chi connectivity index (χ1) is 8.54. The molecule has 0 aliphatic rings. The molecule has 0 saturated heterocycles. The van der Waals surface area contributed by atoms with Gasteiger partial charge in [-0.05, 0) is 12.2 Å². The second-order valence-corrected chi connectivity index (χ2v) is 5.81. The van der Waals surface area contributed by atoms with Crippen molar-refractivity contribution in [2.45, 2.75) is 12.2 Å². The van der Waals surface area contributed by atoms with Crippen LogP contribution in [0.25, 0.3) is 0 Å². The van der Waals surface area contributed by atoms with E-state index in [0.717, 1.165) is 23.8 Å². The zero-order valence-corrected chi connectivity index (χ0v) is 11.6. The second-order valence-electron chi connectivity index (χ2n) is 3.37. The summed E-state index contributed by atoms with van der Waals surface area (Å²) < 4.78 is 30.3. The van der Waals surface area contributed by atoms with Crippen molar-refractivity contribution < 1.29 is 13.0 Å². The smallest absolute Gasteiger partial charge is 0.327 e. The van der Waals surface area contributed by atoms with Gasteiger partial charge in [-0.1, -0.05) is 0 Å². The summed E-state index contributed by atoms with van der Waals surface area (Å²) in [6, 6.07) is 0. The van der Waals surface area contributed by atoms with Crippen molar-refractivity contribution in [1.29, 1.82) is 0 Å². The molecule has 0 aliphatic heterocycles. The number of nitrogens with one attached hydrogen (secondary N) is 2.